The van der Waals surface area contributed by atoms with Gasteiger partial charge >= 0.3 is 0 Å². The van der Waals surface area contributed by atoms with Gasteiger partial charge in [0.1, 0.15) is 10.6 Å². The number of amides is 1. The SMILES string of the molecule is COc1ccc(N2CCCC2=O)cc1S(=O)(=O)NCc1cccc(C)c1. The molecule has 7 heteroatoms. The maximum absolute atomic E-state index is 12.8. The molecule has 0 bridgehead atoms. The van der Waals surface area contributed by atoms with E-state index in [4.69, 9.17) is 4.74 Å². The molecule has 1 saturated heterocycles. The van der Waals surface area contributed by atoms with Gasteiger partial charge in [0, 0.05) is 25.2 Å². The number of hydrogen-bond donors (Lipinski definition) is 1. The van der Waals surface area contributed by atoms with Gasteiger partial charge in [-0.1, -0.05) is 29.8 Å². The molecule has 1 fully saturated rings. The molecule has 1 aliphatic rings. The lowest BCUT2D eigenvalue weighted by Gasteiger charge is -2.18. The quantitative estimate of drug-likeness (QED) is 0.843. The Hall–Kier alpha value is -2.38. The van der Waals surface area contributed by atoms with Crippen LogP contribution in [0.5, 0.6) is 5.75 Å². The first-order valence-electron chi connectivity index (χ1n) is 8.44. The van der Waals surface area contributed by atoms with Crippen LogP contribution in [0.3, 0.4) is 0 Å². The molecule has 6 nitrogen and oxygen atoms in total. The van der Waals surface area contributed by atoms with Gasteiger partial charge < -0.3 is 9.64 Å². The van der Waals surface area contributed by atoms with Crippen molar-refractivity contribution in [2.75, 3.05) is 18.6 Å². The van der Waals surface area contributed by atoms with Crippen molar-refractivity contribution < 1.29 is 17.9 Å². The maximum atomic E-state index is 12.8. The van der Waals surface area contributed by atoms with E-state index in [1.165, 1.54) is 13.2 Å². The second-order valence-corrected chi connectivity index (χ2v) is 8.03. The normalized spacial score (nSPS) is 14.7. The molecule has 2 aromatic rings. The molecule has 26 heavy (non-hydrogen) atoms. The van der Waals surface area contributed by atoms with E-state index in [-0.39, 0.29) is 23.1 Å². The molecule has 0 saturated carbocycles. The highest BCUT2D eigenvalue weighted by molar-refractivity contribution is 7.89. The van der Waals surface area contributed by atoms with Gasteiger partial charge in [0.2, 0.25) is 15.9 Å². The maximum Gasteiger partial charge on any atom is 0.244 e. The molecule has 0 atom stereocenters. The lowest BCUT2D eigenvalue weighted by molar-refractivity contribution is -0.117. The van der Waals surface area contributed by atoms with Crippen molar-refractivity contribution in [1.29, 1.82) is 0 Å². The number of sulfonamides is 1. The van der Waals surface area contributed by atoms with Crippen molar-refractivity contribution in [1.82, 2.24) is 4.72 Å². The van der Waals surface area contributed by atoms with Crippen molar-refractivity contribution in [3.63, 3.8) is 0 Å². The fourth-order valence-electron chi connectivity index (χ4n) is 3.04. The van der Waals surface area contributed by atoms with Gasteiger partial charge in [-0.15, -0.1) is 0 Å². The van der Waals surface area contributed by atoms with Crippen LogP contribution in [0, 0.1) is 6.92 Å². The van der Waals surface area contributed by atoms with Crippen LogP contribution in [0.2, 0.25) is 0 Å². The first kappa shape index (κ1) is 18.4. The van der Waals surface area contributed by atoms with Crippen molar-refractivity contribution in [3.8, 4) is 5.75 Å². The Morgan fingerprint density at radius 2 is 2.00 bits per heavy atom. The number of nitrogens with zero attached hydrogens (tertiary/aromatic N) is 1. The molecule has 1 aliphatic heterocycles. The number of nitrogens with one attached hydrogen (secondary N) is 1. The molecule has 1 amide bonds. The number of aryl methyl sites for hydroxylation is 1. The van der Waals surface area contributed by atoms with E-state index in [2.05, 4.69) is 4.72 Å². The number of anilines is 1. The minimum Gasteiger partial charge on any atom is -0.495 e. The average Bonchev–Trinajstić information content (AvgIpc) is 3.05. The number of carbonyl (C=O) groups is 1. The smallest absolute Gasteiger partial charge is 0.244 e. The minimum absolute atomic E-state index is 0.00577. The van der Waals surface area contributed by atoms with Crippen LogP contribution in [-0.4, -0.2) is 28.0 Å². The standard InChI is InChI=1S/C19H22N2O4S/c1-14-5-3-6-15(11-14)13-20-26(23,24)18-12-16(8-9-17(18)25-2)21-10-4-7-19(21)22/h3,5-6,8-9,11-12,20H,4,7,10,13H2,1-2H3. The molecule has 0 radical (unpaired) electrons. The van der Waals surface area contributed by atoms with Gasteiger partial charge in [-0.2, -0.15) is 0 Å². The van der Waals surface area contributed by atoms with Gasteiger partial charge in [-0.3, -0.25) is 4.79 Å². The van der Waals surface area contributed by atoms with Crippen LogP contribution in [0.1, 0.15) is 24.0 Å². The Kier molecular flexibility index (Phi) is 5.29. The summed E-state index contributed by atoms with van der Waals surface area (Å²) in [5, 5.41) is 0. The highest BCUT2D eigenvalue weighted by atomic mass is 32.2. The molecular formula is C19H22N2O4S. The first-order valence-corrected chi connectivity index (χ1v) is 9.92. The topological polar surface area (TPSA) is 75.7 Å². The Bertz CT molecular complexity index is 925. The van der Waals surface area contributed by atoms with Crippen LogP contribution >= 0.6 is 0 Å². The van der Waals surface area contributed by atoms with Crippen molar-refractivity contribution in [2.45, 2.75) is 31.2 Å². The van der Waals surface area contributed by atoms with Gasteiger partial charge in [-0.05, 0) is 37.1 Å². The molecule has 0 aromatic heterocycles. The van der Waals surface area contributed by atoms with E-state index in [0.717, 1.165) is 17.5 Å². The molecule has 0 aliphatic carbocycles. The van der Waals surface area contributed by atoms with Gasteiger partial charge in [0.25, 0.3) is 0 Å². The Morgan fingerprint density at radius 1 is 1.19 bits per heavy atom. The number of hydrogen-bond acceptors (Lipinski definition) is 4. The zero-order valence-corrected chi connectivity index (χ0v) is 15.7. The highest BCUT2D eigenvalue weighted by Crippen LogP contribution is 2.31. The van der Waals surface area contributed by atoms with Crippen LogP contribution in [-0.2, 0) is 21.4 Å². The summed E-state index contributed by atoms with van der Waals surface area (Å²) < 4.78 is 33.5. The zero-order chi connectivity index (χ0) is 18.7. The molecule has 1 N–H and O–H groups in total. The summed E-state index contributed by atoms with van der Waals surface area (Å²) >= 11 is 0. The van der Waals surface area contributed by atoms with E-state index in [0.29, 0.717) is 18.7 Å². The lowest BCUT2D eigenvalue weighted by Crippen LogP contribution is -2.26. The Labute approximate surface area is 153 Å². The van der Waals surface area contributed by atoms with E-state index >= 15 is 0 Å². The van der Waals surface area contributed by atoms with Crippen molar-refractivity contribution >= 4 is 21.6 Å². The largest absolute Gasteiger partial charge is 0.495 e. The lowest BCUT2D eigenvalue weighted by atomic mass is 10.1. The summed E-state index contributed by atoms with van der Waals surface area (Å²) in [6, 6.07) is 12.4. The van der Waals surface area contributed by atoms with E-state index in [1.54, 1.807) is 17.0 Å². The number of ether oxygens (including phenoxy) is 1. The van der Waals surface area contributed by atoms with Crippen molar-refractivity contribution in [3.05, 3.63) is 53.6 Å². The summed E-state index contributed by atoms with van der Waals surface area (Å²) in [4.78, 5) is 13.6. The molecular weight excluding hydrogens is 352 g/mol. The van der Waals surface area contributed by atoms with E-state index < -0.39 is 10.0 Å². The van der Waals surface area contributed by atoms with Gasteiger partial charge in [-0.25, -0.2) is 13.1 Å². The zero-order valence-electron chi connectivity index (χ0n) is 14.9. The highest BCUT2D eigenvalue weighted by Gasteiger charge is 2.25. The molecule has 0 spiro atoms. The molecule has 2 aromatic carbocycles. The fourth-order valence-corrected chi connectivity index (χ4v) is 4.25. The van der Waals surface area contributed by atoms with E-state index in [9.17, 15) is 13.2 Å². The summed E-state index contributed by atoms with van der Waals surface area (Å²) in [5.74, 6) is 0.253. The number of carbonyl (C=O) groups excluding carboxylic acids is 1. The molecule has 138 valence electrons. The molecule has 0 unspecified atom stereocenters. The molecule has 1 heterocycles. The average molecular weight is 374 g/mol. The number of benzene rings is 2. The first-order chi connectivity index (χ1) is 12.4. The second-order valence-electron chi connectivity index (χ2n) is 6.30. The van der Waals surface area contributed by atoms with Gasteiger partial charge in [0.05, 0.1) is 7.11 Å². The summed E-state index contributed by atoms with van der Waals surface area (Å²) in [7, 11) is -2.37. The Balaban J connectivity index is 1.88. The third kappa shape index (κ3) is 3.89. The third-order valence-corrected chi connectivity index (χ3v) is 5.79. The minimum atomic E-state index is -3.80. The summed E-state index contributed by atoms with van der Waals surface area (Å²) in [6.45, 7) is 2.74. The predicted octanol–water partition coefficient (Wildman–Crippen LogP) is 2.61. The Morgan fingerprint density at radius 3 is 2.65 bits per heavy atom. The third-order valence-electron chi connectivity index (χ3n) is 4.37. The predicted molar refractivity (Wildman–Crippen MR) is 99.8 cm³/mol. The summed E-state index contributed by atoms with van der Waals surface area (Å²) in [6.07, 6.45) is 1.26. The fraction of sp³-hybridized carbons (Fsp3) is 0.316. The monoisotopic (exact) mass is 374 g/mol. The second kappa shape index (κ2) is 7.47. The molecule has 3 rings (SSSR count). The number of methoxy groups -OCH3 is 1. The number of rotatable bonds is 6. The van der Waals surface area contributed by atoms with Crippen LogP contribution in [0.25, 0.3) is 0 Å². The van der Waals surface area contributed by atoms with E-state index in [1.807, 2.05) is 31.2 Å². The van der Waals surface area contributed by atoms with Crippen molar-refractivity contribution in [2.24, 2.45) is 0 Å². The van der Waals surface area contributed by atoms with Gasteiger partial charge in [0.15, 0.2) is 0 Å². The van der Waals surface area contributed by atoms with Crippen LogP contribution in [0.15, 0.2) is 47.4 Å². The summed E-state index contributed by atoms with van der Waals surface area (Å²) in [5.41, 5.74) is 2.51. The van der Waals surface area contributed by atoms with Crippen LogP contribution < -0.4 is 14.4 Å². The van der Waals surface area contributed by atoms with Crippen LogP contribution in [0.4, 0.5) is 5.69 Å².